The number of hydrogen-bond donors (Lipinski definition) is 1. The molecule has 0 fully saturated rings. The molecule has 1 aliphatic heterocycles. The van der Waals surface area contributed by atoms with Gasteiger partial charge >= 0.3 is 0 Å². The van der Waals surface area contributed by atoms with Crippen LogP contribution in [-0.4, -0.2) is 31.7 Å². The second kappa shape index (κ2) is 7.34. The van der Waals surface area contributed by atoms with Crippen LogP contribution in [-0.2, 0) is 13.0 Å². The normalized spacial score (nSPS) is 14.4. The van der Waals surface area contributed by atoms with Crippen molar-refractivity contribution in [1.82, 2.24) is 0 Å². The van der Waals surface area contributed by atoms with Gasteiger partial charge < -0.3 is 14.9 Å². The van der Waals surface area contributed by atoms with Crippen molar-refractivity contribution in [3.8, 4) is 0 Å². The van der Waals surface area contributed by atoms with Gasteiger partial charge in [0.2, 0.25) is 0 Å². The predicted octanol–water partition coefficient (Wildman–Crippen LogP) is 3.87. The molecule has 0 saturated heterocycles. The highest BCUT2D eigenvalue weighted by Gasteiger charge is 2.27. The number of fused-ring (bicyclic) bond motifs is 1. The average molecular weight is 350 g/mol. The summed E-state index contributed by atoms with van der Waals surface area (Å²) in [6, 6.07) is 11.9. The largest absolute Gasteiger partial charge is 0.392 e. The topological polar surface area (TPSA) is 43.8 Å². The number of aliphatic hydroxyl groups excluding tert-OH is 1. The maximum absolute atomic E-state index is 13.1. The zero-order valence-electron chi connectivity index (χ0n) is 15.9. The third-order valence-electron chi connectivity index (χ3n) is 5.14. The van der Waals surface area contributed by atoms with Crippen molar-refractivity contribution >= 4 is 22.9 Å². The van der Waals surface area contributed by atoms with Crippen molar-refractivity contribution in [3.05, 3.63) is 64.7 Å². The predicted molar refractivity (Wildman–Crippen MR) is 108 cm³/mol. The van der Waals surface area contributed by atoms with E-state index in [0.29, 0.717) is 6.54 Å². The van der Waals surface area contributed by atoms with Crippen LogP contribution in [0.15, 0.2) is 42.5 Å². The summed E-state index contributed by atoms with van der Waals surface area (Å²) in [5, 5.41) is 9.98. The third kappa shape index (κ3) is 3.13. The maximum Gasteiger partial charge on any atom is 0.258 e. The Balaban J connectivity index is 2.03. The fourth-order valence-electron chi connectivity index (χ4n) is 3.50. The van der Waals surface area contributed by atoms with Crippen LogP contribution in [0.5, 0.6) is 0 Å². The van der Waals surface area contributed by atoms with Crippen LogP contribution in [0.3, 0.4) is 0 Å². The Hall–Kier alpha value is -2.59. The summed E-state index contributed by atoms with van der Waals surface area (Å²) in [4.78, 5) is 17.0. The van der Waals surface area contributed by atoms with Crippen molar-refractivity contribution in [1.29, 1.82) is 0 Å². The van der Waals surface area contributed by atoms with Gasteiger partial charge in [-0.2, -0.15) is 0 Å². The first-order chi connectivity index (χ1) is 12.5. The molecule has 136 valence electrons. The van der Waals surface area contributed by atoms with E-state index in [9.17, 15) is 9.90 Å². The van der Waals surface area contributed by atoms with E-state index in [1.54, 1.807) is 4.90 Å². The highest BCUT2D eigenvalue weighted by atomic mass is 16.3. The molecule has 0 aromatic heterocycles. The van der Waals surface area contributed by atoms with Crippen LogP contribution in [0.4, 0.5) is 11.4 Å². The number of rotatable bonds is 4. The first-order valence-electron chi connectivity index (χ1n) is 8.96. The molecule has 0 aliphatic carbocycles. The second-order valence-corrected chi connectivity index (χ2v) is 6.88. The Bertz CT molecular complexity index is 868. The Kier molecular flexibility index (Phi) is 5.14. The van der Waals surface area contributed by atoms with Gasteiger partial charge in [-0.25, -0.2) is 0 Å². The van der Waals surface area contributed by atoms with Crippen LogP contribution in [0.2, 0.25) is 0 Å². The van der Waals surface area contributed by atoms with Crippen molar-refractivity contribution in [3.63, 3.8) is 0 Å². The quantitative estimate of drug-likeness (QED) is 0.910. The summed E-state index contributed by atoms with van der Waals surface area (Å²) in [7, 11) is 4.00. The van der Waals surface area contributed by atoms with Gasteiger partial charge in [-0.15, -0.1) is 0 Å². The average Bonchev–Trinajstić information content (AvgIpc) is 2.66. The minimum atomic E-state index is -0.0904. The number of hydrogen-bond acceptors (Lipinski definition) is 3. The molecule has 2 aromatic carbocycles. The van der Waals surface area contributed by atoms with Gasteiger partial charge in [-0.1, -0.05) is 18.2 Å². The molecule has 1 heterocycles. The van der Waals surface area contributed by atoms with Crippen LogP contribution < -0.4 is 9.80 Å². The Morgan fingerprint density at radius 1 is 1.27 bits per heavy atom. The lowest BCUT2D eigenvalue weighted by molar-refractivity contribution is 0.0980. The standard InChI is InChI=1S/C22H26N2O2/c1-5-15(2)18-7-6-8-21(20(18)14-25)24-12-11-16-13-17(23(3)4)9-10-19(16)22(24)26/h5-10,13,25H,11-12,14H2,1-4H3. The van der Waals surface area contributed by atoms with Crippen LogP contribution in [0.1, 0.15) is 40.9 Å². The molecular weight excluding hydrogens is 324 g/mol. The van der Waals surface area contributed by atoms with E-state index in [2.05, 4.69) is 6.07 Å². The summed E-state index contributed by atoms with van der Waals surface area (Å²) in [5.74, 6) is 0.00142. The fraction of sp³-hybridized carbons (Fsp3) is 0.318. The van der Waals surface area contributed by atoms with Gasteiger partial charge in [0.05, 0.1) is 12.3 Å². The van der Waals surface area contributed by atoms with Gasteiger partial charge in [0.1, 0.15) is 0 Å². The summed E-state index contributed by atoms with van der Waals surface area (Å²) in [5.41, 5.74) is 6.64. The van der Waals surface area contributed by atoms with E-state index in [4.69, 9.17) is 0 Å². The van der Waals surface area contributed by atoms with Crippen molar-refractivity contribution in [2.45, 2.75) is 26.9 Å². The first-order valence-corrected chi connectivity index (χ1v) is 8.96. The summed E-state index contributed by atoms with van der Waals surface area (Å²) in [6.45, 7) is 4.53. The van der Waals surface area contributed by atoms with E-state index < -0.39 is 0 Å². The third-order valence-corrected chi connectivity index (χ3v) is 5.14. The number of amides is 1. The zero-order chi connectivity index (χ0) is 18.8. The first kappa shape index (κ1) is 18.2. The van der Waals surface area contributed by atoms with Gasteiger partial charge in [0.15, 0.2) is 0 Å². The van der Waals surface area contributed by atoms with E-state index >= 15 is 0 Å². The molecule has 0 unspecified atom stereocenters. The molecule has 1 amide bonds. The van der Waals surface area contributed by atoms with Gasteiger partial charge in [-0.3, -0.25) is 4.79 Å². The monoisotopic (exact) mass is 350 g/mol. The van der Waals surface area contributed by atoms with E-state index in [1.165, 1.54) is 0 Å². The van der Waals surface area contributed by atoms with Gasteiger partial charge in [0.25, 0.3) is 5.91 Å². The number of allylic oxidation sites excluding steroid dienone is 2. The van der Waals surface area contributed by atoms with Crippen LogP contribution >= 0.6 is 0 Å². The van der Waals surface area contributed by atoms with Crippen molar-refractivity contribution < 1.29 is 9.90 Å². The Labute approximate surface area is 155 Å². The molecule has 0 bridgehead atoms. The van der Waals surface area contributed by atoms with Crippen LogP contribution in [0.25, 0.3) is 5.57 Å². The zero-order valence-corrected chi connectivity index (χ0v) is 15.9. The molecule has 0 atom stereocenters. The van der Waals surface area contributed by atoms with Crippen LogP contribution in [0, 0.1) is 0 Å². The van der Waals surface area contributed by atoms with E-state index in [0.717, 1.165) is 45.6 Å². The number of carbonyl (C=O) groups is 1. The maximum atomic E-state index is 13.1. The lowest BCUT2D eigenvalue weighted by atomic mass is 9.94. The lowest BCUT2D eigenvalue weighted by Crippen LogP contribution is -2.38. The highest BCUT2D eigenvalue weighted by molar-refractivity contribution is 6.09. The number of benzene rings is 2. The van der Waals surface area contributed by atoms with Gasteiger partial charge in [0, 0.05) is 37.5 Å². The minimum Gasteiger partial charge on any atom is -0.392 e. The summed E-state index contributed by atoms with van der Waals surface area (Å²) in [6.07, 6.45) is 2.83. The van der Waals surface area contributed by atoms with Gasteiger partial charge in [-0.05, 0) is 61.2 Å². The SMILES string of the molecule is CC=C(C)c1cccc(N2CCc3cc(N(C)C)ccc3C2=O)c1CO. The smallest absolute Gasteiger partial charge is 0.258 e. The lowest BCUT2D eigenvalue weighted by Gasteiger charge is -2.31. The Morgan fingerprint density at radius 2 is 2.04 bits per heavy atom. The molecule has 1 aliphatic rings. The molecule has 26 heavy (non-hydrogen) atoms. The van der Waals surface area contributed by atoms with Crippen molar-refractivity contribution in [2.24, 2.45) is 0 Å². The molecule has 4 nitrogen and oxygen atoms in total. The molecule has 0 radical (unpaired) electrons. The van der Waals surface area contributed by atoms with E-state index in [1.807, 2.05) is 69.3 Å². The number of aliphatic hydroxyl groups is 1. The fourth-order valence-corrected chi connectivity index (χ4v) is 3.50. The minimum absolute atomic E-state index is 0.00142. The number of anilines is 2. The molecule has 4 heteroatoms. The number of nitrogens with zero attached hydrogens (tertiary/aromatic N) is 2. The molecular formula is C22H26N2O2. The summed E-state index contributed by atoms with van der Waals surface area (Å²) >= 11 is 0. The van der Waals surface area contributed by atoms with E-state index in [-0.39, 0.29) is 12.5 Å². The second-order valence-electron chi connectivity index (χ2n) is 6.88. The number of carbonyl (C=O) groups excluding carboxylic acids is 1. The summed E-state index contributed by atoms with van der Waals surface area (Å²) < 4.78 is 0. The molecule has 1 N–H and O–H groups in total. The molecule has 0 spiro atoms. The Morgan fingerprint density at radius 3 is 2.69 bits per heavy atom. The molecule has 3 rings (SSSR count). The molecule has 0 saturated carbocycles. The molecule has 2 aromatic rings. The van der Waals surface area contributed by atoms with Crippen molar-refractivity contribution in [2.75, 3.05) is 30.4 Å². The highest BCUT2D eigenvalue weighted by Crippen LogP contribution is 2.33.